The van der Waals surface area contributed by atoms with Gasteiger partial charge in [-0.2, -0.15) is 13.2 Å². The number of rotatable bonds is 1. The topological polar surface area (TPSA) is 67.2 Å². The van der Waals surface area contributed by atoms with Crippen molar-refractivity contribution in [2.24, 2.45) is 5.73 Å². The second kappa shape index (κ2) is 3.22. The van der Waals surface area contributed by atoms with Gasteiger partial charge in [-0.15, -0.1) is 0 Å². The summed E-state index contributed by atoms with van der Waals surface area (Å²) in [6, 6.07) is 4.52. The highest BCUT2D eigenvalue weighted by Crippen LogP contribution is 2.31. The summed E-state index contributed by atoms with van der Waals surface area (Å²) in [6.45, 7) is 0. The minimum absolute atomic E-state index is 0.111. The SMILES string of the molecule is N=C(N)c1c(C(F)(F)F)nc2ccccn12. The van der Waals surface area contributed by atoms with E-state index in [0.29, 0.717) is 0 Å². The van der Waals surface area contributed by atoms with Crippen LogP contribution in [0.25, 0.3) is 5.65 Å². The molecule has 16 heavy (non-hydrogen) atoms. The van der Waals surface area contributed by atoms with Gasteiger partial charge in [-0.3, -0.25) is 9.81 Å². The van der Waals surface area contributed by atoms with E-state index in [9.17, 15) is 13.2 Å². The number of nitrogens with zero attached hydrogens (tertiary/aromatic N) is 2. The van der Waals surface area contributed by atoms with Crippen LogP contribution in [0.1, 0.15) is 11.4 Å². The Morgan fingerprint density at radius 3 is 2.62 bits per heavy atom. The van der Waals surface area contributed by atoms with Crippen LogP contribution < -0.4 is 5.73 Å². The number of nitrogens with two attached hydrogens (primary N) is 1. The molecule has 0 saturated heterocycles. The molecule has 0 amide bonds. The second-order valence-electron chi connectivity index (χ2n) is 3.15. The summed E-state index contributed by atoms with van der Waals surface area (Å²) in [7, 11) is 0. The Morgan fingerprint density at radius 2 is 2.06 bits per heavy atom. The minimum atomic E-state index is -4.62. The van der Waals surface area contributed by atoms with Crippen molar-refractivity contribution in [3.05, 3.63) is 35.8 Å². The summed E-state index contributed by atoms with van der Waals surface area (Å²) in [5.74, 6) is -0.661. The van der Waals surface area contributed by atoms with Crippen molar-refractivity contribution in [1.29, 1.82) is 5.41 Å². The van der Waals surface area contributed by atoms with Crippen LogP contribution in [0.4, 0.5) is 13.2 Å². The smallest absolute Gasteiger partial charge is 0.382 e. The van der Waals surface area contributed by atoms with Gasteiger partial charge in [0.2, 0.25) is 0 Å². The number of imidazole rings is 1. The first-order valence-electron chi connectivity index (χ1n) is 4.30. The van der Waals surface area contributed by atoms with Gasteiger partial charge in [0.1, 0.15) is 17.2 Å². The van der Waals surface area contributed by atoms with Crippen LogP contribution >= 0.6 is 0 Å². The molecule has 0 aliphatic rings. The first-order valence-corrected chi connectivity index (χ1v) is 4.30. The summed E-state index contributed by atoms with van der Waals surface area (Å²) in [5, 5.41) is 7.17. The molecule has 2 heterocycles. The van der Waals surface area contributed by atoms with E-state index in [1.807, 2.05) is 0 Å². The van der Waals surface area contributed by atoms with Gasteiger partial charge < -0.3 is 5.73 Å². The zero-order chi connectivity index (χ0) is 11.9. The first kappa shape index (κ1) is 10.5. The molecule has 0 bridgehead atoms. The van der Waals surface area contributed by atoms with Crippen LogP contribution in [0.5, 0.6) is 0 Å². The lowest BCUT2D eigenvalue weighted by molar-refractivity contribution is -0.140. The number of pyridine rings is 1. The van der Waals surface area contributed by atoms with E-state index in [-0.39, 0.29) is 5.65 Å². The molecular weight excluding hydrogens is 221 g/mol. The van der Waals surface area contributed by atoms with Crippen molar-refractivity contribution in [2.45, 2.75) is 6.18 Å². The van der Waals surface area contributed by atoms with Gasteiger partial charge in [0.15, 0.2) is 5.69 Å². The third-order valence-corrected chi connectivity index (χ3v) is 2.05. The van der Waals surface area contributed by atoms with Crippen molar-refractivity contribution < 1.29 is 13.2 Å². The lowest BCUT2D eigenvalue weighted by Gasteiger charge is -2.05. The molecular formula is C9H7F3N4. The highest BCUT2D eigenvalue weighted by Gasteiger charge is 2.38. The van der Waals surface area contributed by atoms with E-state index in [0.717, 1.165) is 4.40 Å². The molecule has 0 saturated carbocycles. The molecule has 0 spiro atoms. The van der Waals surface area contributed by atoms with Crippen molar-refractivity contribution in [1.82, 2.24) is 9.38 Å². The third-order valence-electron chi connectivity index (χ3n) is 2.05. The second-order valence-corrected chi connectivity index (χ2v) is 3.15. The molecule has 0 fully saturated rings. The molecule has 0 aliphatic heterocycles. The van der Waals surface area contributed by atoms with Gasteiger partial charge in [-0.05, 0) is 12.1 Å². The van der Waals surface area contributed by atoms with Gasteiger partial charge in [-0.25, -0.2) is 4.98 Å². The Balaban J connectivity index is 2.84. The number of amidine groups is 1. The summed E-state index contributed by atoms with van der Waals surface area (Å²) in [5.41, 5.74) is 3.69. The molecule has 0 radical (unpaired) electrons. The number of hydrogen-bond donors (Lipinski definition) is 2. The Kier molecular flexibility index (Phi) is 2.11. The van der Waals surface area contributed by atoms with E-state index in [1.54, 1.807) is 12.1 Å². The molecule has 0 unspecified atom stereocenters. The van der Waals surface area contributed by atoms with E-state index < -0.39 is 23.4 Å². The number of nitrogen functional groups attached to an aromatic ring is 1. The quantitative estimate of drug-likeness (QED) is 0.575. The minimum Gasteiger partial charge on any atom is -0.382 e. The van der Waals surface area contributed by atoms with Crippen molar-refractivity contribution in [2.75, 3.05) is 0 Å². The summed E-state index contributed by atoms with van der Waals surface area (Å²) in [6.07, 6.45) is -3.23. The fourth-order valence-electron chi connectivity index (χ4n) is 1.45. The number of nitrogens with one attached hydrogen (secondary N) is 1. The molecule has 0 atom stereocenters. The average Bonchev–Trinajstić information content (AvgIpc) is 2.55. The maximum Gasteiger partial charge on any atom is 0.435 e. The maximum absolute atomic E-state index is 12.6. The van der Waals surface area contributed by atoms with Gasteiger partial charge in [0.05, 0.1) is 0 Å². The van der Waals surface area contributed by atoms with Crippen LogP contribution in [0.3, 0.4) is 0 Å². The van der Waals surface area contributed by atoms with Gasteiger partial charge in [-0.1, -0.05) is 6.07 Å². The van der Waals surface area contributed by atoms with Crippen LogP contribution in [-0.4, -0.2) is 15.2 Å². The molecule has 3 N–H and O–H groups in total. The van der Waals surface area contributed by atoms with Crippen LogP contribution in [-0.2, 0) is 6.18 Å². The monoisotopic (exact) mass is 228 g/mol. The molecule has 7 heteroatoms. The standard InChI is InChI=1S/C9H7F3N4/c10-9(11,12)7-6(8(13)14)16-4-2-1-3-5(16)15-7/h1-4H,(H3,13,14). The van der Waals surface area contributed by atoms with E-state index in [4.69, 9.17) is 11.1 Å². The number of fused-ring (bicyclic) bond motifs is 1. The first-order chi connectivity index (χ1) is 7.41. The fraction of sp³-hybridized carbons (Fsp3) is 0.111. The zero-order valence-corrected chi connectivity index (χ0v) is 7.92. The molecule has 2 rings (SSSR count). The lowest BCUT2D eigenvalue weighted by atomic mass is 10.3. The molecule has 0 aromatic carbocycles. The summed E-state index contributed by atoms with van der Waals surface area (Å²) in [4.78, 5) is 3.42. The predicted molar refractivity (Wildman–Crippen MR) is 51.2 cm³/mol. The Labute approximate surface area is 88.0 Å². The van der Waals surface area contributed by atoms with E-state index >= 15 is 0 Å². The van der Waals surface area contributed by atoms with Crippen LogP contribution in [0, 0.1) is 5.41 Å². The Morgan fingerprint density at radius 1 is 1.38 bits per heavy atom. The summed E-state index contributed by atoms with van der Waals surface area (Å²) < 4.78 is 39.0. The van der Waals surface area contributed by atoms with E-state index in [2.05, 4.69) is 4.98 Å². The summed E-state index contributed by atoms with van der Waals surface area (Å²) >= 11 is 0. The third kappa shape index (κ3) is 1.50. The Hall–Kier alpha value is -2.05. The van der Waals surface area contributed by atoms with Gasteiger partial charge in [0.25, 0.3) is 0 Å². The van der Waals surface area contributed by atoms with Gasteiger partial charge >= 0.3 is 6.18 Å². The predicted octanol–water partition coefficient (Wildman–Crippen LogP) is 1.64. The highest BCUT2D eigenvalue weighted by atomic mass is 19.4. The average molecular weight is 228 g/mol. The van der Waals surface area contributed by atoms with Crippen molar-refractivity contribution >= 4 is 11.5 Å². The van der Waals surface area contributed by atoms with Gasteiger partial charge in [0, 0.05) is 6.20 Å². The number of halogens is 3. The zero-order valence-electron chi connectivity index (χ0n) is 7.92. The largest absolute Gasteiger partial charge is 0.435 e. The van der Waals surface area contributed by atoms with Crippen LogP contribution in [0.15, 0.2) is 24.4 Å². The number of alkyl halides is 3. The van der Waals surface area contributed by atoms with Crippen molar-refractivity contribution in [3.8, 4) is 0 Å². The number of aromatic nitrogens is 2. The van der Waals surface area contributed by atoms with Crippen molar-refractivity contribution in [3.63, 3.8) is 0 Å². The molecule has 4 nitrogen and oxygen atoms in total. The lowest BCUT2D eigenvalue weighted by Crippen LogP contribution is -2.20. The highest BCUT2D eigenvalue weighted by molar-refractivity contribution is 5.95. The number of hydrogen-bond acceptors (Lipinski definition) is 2. The normalized spacial score (nSPS) is 11.9. The Bertz CT molecular complexity index is 555. The fourth-order valence-corrected chi connectivity index (χ4v) is 1.45. The molecule has 0 aliphatic carbocycles. The van der Waals surface area contributed by atoms with Crippen LogP contribution in [0.2, 0.25) is 0 Å². The molecule has 2 aromatic rings. The molecule has 84 valence electrons. The van der Waals surface area contributed by atoms with E-state index in [1.165, 1.54) is 12.3 Å². The maximum atomic E-state index is 12.6. The molecule has 2 aromatic heterocycles.